The highest BCUT2D eigenvalue weighted by atomic mass is 16.1. The molecule has 1 aliphatic heterocycles. The highest BCUT2D eigenvalue weighted by Gasteiger charge is 2.43. The van der Waals surface area contributed by atoms with Gasteiger partial charge in [0.25, 0.3) is 0 Å². The molecule has 2 unspecified atom stereocenters. The average Bonchev–Trinajstić information content (AvgIpc) is 2.43. The van der Waals surface area contributed by atoms with E-state index in [4.69, 9.17) is 0 Å². The second-order valence-corrected chi connectivity index (χ2v) is 4.64. The molecule has 2 atom stereocenters. The lowest BCUT2D eigenvalue weighted by molar-refractivity contribution is -0.123. The number of likely N-dealkylation sites (tertiary alicyclic amines) is 1. The SMILES string of the molecule is CC(C)CN1CC2CC(=O)C1C2. The maximum atomic E-state index is 11.4. The maximum absolute atomic E-state index is 11.4. The van der Waals surface area contributed by atoms with Gasteiger partial charge in [0.15, 0.2) is 0 Å². The molecule has 0 aromatic rings. The molecule has 0 aromatic carbocycles. The largest absolute Gasteiger partial charge is 0.298 e. The van der Waals surface area contributed by atoms with Gasteiger partial charge in [-0.05, 0) is 18.3 Å². The van der Waals surface area contributed by atoms with Gasteiger partial charge in [-0.2, -0.15) is 0 Å². The van der Waals surface area contributed by atoms with Crippen molar-refractivity contribution in [2.45, 2.75) is 32.7 Å². The van der Waals surface area contributed by atoms with Crippen LogP contribution >= 0.6 is 0 Å². The zero-order chi connectivity index (χ0) is 8.72. The first-order chi connectivity index (χ1) is 5.66. The third-order valence-corrected chi connectivity index (χ3v) is 2.95. The van der Waals surface area contributed by atoms with Crippen molar-refractivity contribution >= 4 is 5.78 Å². The van der Waals surface area contributed by atoms with E-state index in [1.54, 1.807) is 0 Å². The molecule has 0 radical (unpaired) electrons. The van der Waals surface area contributed by atoms with Gasteiger partial charge in [0.2, 0.25) is 0 Å². The number of hydrogen-bond acceptors (Lipinski definition) is 2. The Hall–Kier alpha value is -0.370. The van der Waals surface area contributed by atoms with E-state index in [-0.39, 0.29) is 0 Å². The third-order valence-electron chi connectivity index (χ3n) is 2.95. The molecule has 1 heterocycles. The molecule has 2 nitrogen and oxygen atoms in total. The molecule has 2 rings (SSSR count). The lowest BCUT2D eigenvalue weighted by Crippen LogP contribution is -2.40. The van der Waals surface area contributed by atoms with E-state index in [2.05, 4.69) is 18.7 Å². The number of rotatable bonds is 2. The second-order valence-electron chi connectivity index (χ2n) is 4.64. The summed E-state index contributed by atoms with van der Waals surface area (Å²) < 4.78 is 0. The van der Waals surface area contributed by atoms with Crippen LogP contribution in [0.15, 0.2) is 0 Å². The molecular formula is C10H17NO. The van der Waals surface area contributed by atoms with Crippen molar-refractivity contribution in [3.63, 3.8) is 0 Å². The predicted molar refractivity (Wildman–Crippen MR) is 47.9 cm³/mol. The fourth-order valence-corrected chi connectivity index (χ4v) is 2.57. The van der Waals surface area contributed by atoms with E-state index in [1.165, 1.54) is 6.54 Å². The van der Waals surface area contributed by atoms with Gasteiger partial charge in [-0.1, -0.05) is 13.8 Å². The first kappa shape index (κ1) is 8.24. The van der Waals surface area contributed by atoms with Crippen LogP contribution in [0.25, 0.3) is 0 Å². The highest BCUT2D eigenvalue weighted by Crippen LogP contribution is 2.35. The van der Waals surface area contributed by atoms with Crippen LogP contribution in [0.1, 0.15) is 26.7 Å². The van der Waals surface area contributed by atoms with Crippen molar-refractivity contribution < 1.29 is 4.79 Å². The summed E-state index contributed by atoms with van der Waals surface area (Å²) >= 11 is 0. The van der Waals surface area contributed by atoms with Crippen LogP contribution in [0.5, 0.6) is 0 Å². The Morgan fingerprint density at radius 3 is 2.83 bits per heavy atom. The molecule has 68 valence electrons. The van der Waals surface area contributed by atoms with Crippen molar-refractivity contribution in [2.24, 2.45) is 11.8 Å². The molecule has 12 heavy (non-hydrogen) atoms. The van der Waals surface area contributed by atoms with Crippen molar-refractivity contribution in [3.8, 4) is 0 Å². The topological polar surface area (TPSA) is 20.3 Å². The van der Waals surface area contributed by atoms with Crippen LogP contribution in [-0.4, -0.2) is 29.8 Å². The highest BCUT2D eigenvalue weighted by molar-refractivity contribution is 5.87. The van der Waals surface area contributed by atoms with Crippen molar-refractivity contribution in [2.75, 3.05) is 13.1 Å². The van der Waals surface area contributed by atoms with E-state index in [1.807, 2.05) is 0 Å². The molecule has 0 aromatic heterocycles. The van der Waals surface area contributed by atoms with E-state index < -0.39 is 0 Å². The van der Waals surface area contributed by atoms with Crippen LogP contribution < -0.4 is 0 Å². The van der Waals surface area contributed by atoms with Gasteiger partial charge in [-0.15, -0.1) is 0 Å². The summed E-state index contributed by atoms with van der Waals surface area (Å²) in [5, 5.41) is 0. The fraction of sp³-hybridized carbons (Fsp3) is 0.900. The molecule has 0 N–H and O–H groups in total. The zero-order valence-electron chi connectivity index (χ0n) is 7.92. The Bertz CT molecular complexity index is 200. The van der Waals surface area contributed by atoms with E-state index in [0.29, 0.717) is 23.7 Å². The first-order valence-corrected chi connectivity index (χ1v) is 4.93. The van der Waals surface area contributed by atoms with Crippen molar-refractivity contribution in [1.82, 2.24) is 4.90 Å². The Labute approximate surface area is 73.9 Å². The maximum Gasteiger partial charge on any atom is 0.150 e. The summed E-state index contributed by atoms with van der Waals surface area (Å²) in [6.07, 6.45) is 2.00. The molecular weight excluding hydrogens is 150 g/mol. The lowest BCUT2D eigenvalue weighted by atomic mass is 10.1. The summed E-state index contributed by atoms with van der Waals surface area (Å²) in [6, 6.07) is 0.303. The Morgan fingerprint density at radius 2 is 2.33 bits per heavy atom. The molecule has 2 bridgehead atoms. The molecule has 2 fully saturated rings. The first-order valence-electron chi connectivity index (χ1n) is 4.93. The fourth-order valence-electron chi connectivity index (χ4n) is 2.57. The number of fused-ring (bicyclic) bond motifs is 2. The lowest BCUT2D eigenvalue weighted by Gasteiger charge is -2.27. The molecule has 2 aliphatic rings. The van der Waals surface area contributed by atoms with Crippen molar-refractivity contribution in [3.05, 3.63) is 0 Å². The minimum absolute atomic E-state index is 0.303. The number of nitrogens with zero attached hydrogens (tertiary/aromatic N) is 1. The predicted octanol–water partition coefficient (Wildman–Crippen LogP) is 1.31. The van der Waals surface area contributed by atoms with Crippen LogP contribution in [0.2, 0.25) is 0 Å². The summed E-state index contributed by atoms with van der Waals surface area (Å²) in [5.74, 6) is 1.88. The standard InChI is InChI=1S/C10H17NO/c1-7(2)5-11-6-8-3-9(11)10(12)4-8/h7-9H,3-6H2,1-2H3. The summed E-state index contributed by atoms with van der Waals surface area (Å²) in [6.45, 7) is 6.72. The monoisotopic (exact) mass is 167 g/mol. The number of piperidine rings is 1. The Morgan fingerprint density at radius 1 is 1.58 bits per heavy atom. The molecule has 1 aliphatic carbocycles. The summed E-state index contributed by atoms with van der Waals surface area (Å²) in [7, 11) is 0. The Kier molecular flexibility index (Phi) is 1.95. The summed E-state index contributed by atoms with van der Waals surface area (Å²) in [5.41, 5.74) is 0. The van der Waals surface area contributed by atoms with Crippen LogP contribution in [-0.2, 0) is 4.79 Å². The number of Topliss-reactive ketones (excluding diaryl/α,β-unsaturated/α-hetero) is 1. The quantitative estimate of drug-likeness (QED) is 0.618. The van der Waals surface area contributed by atoms with Gasteiger partial charge in [-0.25, -0.2) is 0 Å². The average molecular weight is 167 g/mol. The van der Waals surface area contributed by atoms with Gasteiger partial charge in [-0.3, -0.25) is 9.69 Å². The zero-order valence-corrected chi connectivity index (χ0v) is 7.92. The van der Waals surface area contributed by atoms with E-state index in [0.717, 1.165) is 19.4 Å². The molecule has 2 heteroatoms. The van der Waals surface area contributed by atoms with E-state index in [9.17, 15) is 4.79 Å². The second kappa shape index (κ2) is 2.84. The number of hydrogen-bond donors (Lipinski definition) is 0. The van der Waals surface area contributed by atoms with E-state index >= 15 is 0 Å². The minimum atomic E-state index is 0.303. The van der Waals surface area contributed by atoms with Crippen LogP contribution in [0.4, 0.5) is 0 Å². The molecule has 0 spiro atoms. The number of carbonyl (C=O) groups excluding carboxylic acids is 1. The molecule has 1 saturated heterocycles. The molecule has 0 amide bonds. The van der Waals surface area contributed by atoms with Gasteiger partial charge in [0.05, 0.1) is 6.04 Å². The normalized spacial score (nSPS) is 35.4. The number of carbonyl (C=O) groups is 1. The van der Waals surface area contributed by atoms with Crippen LogP contribution in [0, 0.1) is 11.8 Å². The smallest absolute Gasteiger partial charge is 0.150 e. The van der Waals surface area contributed by atoms with Gasteiger partial charge < -0.3 is 0 Å². The summed E-state index contributed by atoms with van der Waals surface area (Å²) in [4.78, 5) is 13.8. The van der Waals surface area contributed by atoms with Gasteiger partial charge in [0.1, 0.15) is 5.78 Å². The minimum Gasteiger partial charge on any atom is -0.298 e. The molecule has 1 saturated carbocycles. The van der Waals surface area contributed by atoms with Crippen molar-refractivity contribution in [1.29, 1.82) is 0 Å². The Balaban J connectivity index is 1.98. The third kappa shape index (κ3) is 1.28. The van der Waals surface area contributed by atoms with Gasteiger partial charge in [0, 0.05) is 19.5 Å². The van der Waals surface area contributed by atoms with Gasteiger partial charge >= 0.3 is 0 Å². The van der Waals surface area contributed by atoms with Crippen LogP contribution in [0.3, 0.4) is 0 Å². The number of ketones is 1.